The number of rotatable bonds is 0. The molecule has 50 valence electrons. The van der Waals surface area contributed by atoms with Crippen LogP contribution in [-0.4, -0.2) is 5.97 Å². The minimum Gasteiger partial charge on any atom is -0.423 e. The van der Waals surface area contributed by atoms with Gasteiger partial charge in [0.05, 0.1) is 0 Å². The van der Waals surface area contributed by atoms with Gasteiger partial charge in [0.25, 0.3) is 0 Å². The standard InChI is InChI=1S/C5H3BrO2.H3P/c6-3-4-1-2-5(7)8-4;/h1-3H;1H3. The summed E-state index contributed by atoms with van der Waals surface area (Å²) in [6.45, 7) is 0. The topological polar surface area (TPSA) is 26.3 Å². The van der Waals surface area contributed by atoms with Crippen molar-refractivity contribution in [3.05, 3.63) is 22.9 Å². The molecule has 1 aliphatic rings. The van der Waals surface area contributed by atoms with Gasteiger partial charge in [0.1, 0.15) is 5.76 Å². The zero-order valence-corrected chi connectivity index (χ0v) is 7.63. The van der Waals surface area contributed by atoms with Gasteiger partial charge in [-0.2, -0.15) is 9.90 Å². The fraction of sp³-hybridized carbons (Fsp3) is 0. The SMILES string of the molecule is O=C1C=CC(=CBr)O1.P. The second-order valence-corrected chi connectivity index (χ2v) is 1.72. The van der Waals surface area contributed by atoms with Crippen molar-refractivity contribution in [3.63, 3.8) is 0 Å². The lowest BCUT2D eigenvalue weighted by Crippen LogP contribution is -1.88. The molecule has 0 amide bonds. The van der Waals surface area contributed by atoms with Crippen LogP contribution in [0.4, 0.5) is 0 Å². The maximum absolute atomic E-state index is 10.2. The van der Waals surface area contributed by atoms with Gasteiger partial charge in [-0.15, -0.1) is 0 Å². The van der Waals surface area contributed by atoms with Gasteiger partial charge in [0, 0.05) is 11.1 Å². The predicted octanol–water partition coefficient (Wildman–Crippen LogP) is 1.39. The maximum atomic E-state index is 10.2. The molecule has 1 rings (SSSR count). The number of allylic oxidation sites excluding steroid dienone is 1. The van der Waals surface area contributed by atoms with Crippen molar-refractivity contribution >= 4 is 31.8 Å². The van der Waals surface area contributed by atoms with E-state index in [4.69, 9.17) is 0 Å². The number of esters is 1. The summed E-state index contributed by atoms with van der Waals surface area (Å²) in [6.07, 6.45) is 2.96. The highest BCUT2D eigenvalue weighted by Crippen LogP contribution is 2.09. The number of hydrogen-bond acceptors (Lipinski definition) is 2. The molecule has 9 heavy (non-hydrogen) atoms. The molecule has 0 aromatic rings. The molecule has 0 aromatic heterocycles. The summed E-state index contributed by atoms with van der Waals surface area (Å²) in [7, 11) is 0. The molecular formula is C5H6BrO2P. The second-order valence-electron chi connectivity index (χ2n) is 1.27. The number of ether oxygens (including phenoxy) is 1. The van der Waals surface area contributed by atoms with E-state index in [1.54, 1.807) is 11.1 Å². The summed E-state index contributed by atoms with van der Waals surface area (Å²) < 4.78 is 4.57. The Morgan fingerprint density at radius 1 is 1.56 bits per heavy atom. The van der Waals surface area contributed by atoms with Crippen LogP contribution in [0.15, 0.2) is 22.9 Å². The normalized spacial score (nSPS) is 19.7. The van der Waals surface area contributed by atoms with E-state index in [1.165, 1.54) is 6.08 Å². The van der Waals surface area contributed by atoms with Crippen LogP contribution in [0.2, 0.25) is 0 Å². The minimum absolute atomic E-state index is 0. The quantitative estimate of drug-likeness (QED) is 0.445. The molecule has 1 heterocycles. The van der Waals surface area contributed by atoms with Crippen molar-refractivity contribution < 1.29 is 9.53 Å². The maximum Gasteiger partial charge on any atom is 0.336 e. The molecule has 1 unspecified atom stereocenters. The minimum atomic E-state index is -0.310. The van der Waals surface area contributed by atoms with Gasteiger partial charge in [-0.25, -0.2) is 4.79 Å². The van der Waals surface area contributed by atoms with Crippen molar-refractivity contribution in [2.24, 2.45) is 0 Å². The first kappa shape index (κ1) is 8.86. The van der Waals surface area contributed by atoms with Crippen LogP contribution in [0.1, 0.15) is 0 Å². The summed E-state index contributed by atoms with van der Waals surface area (Å²) in [5.41, 5.74) is 0. The summed E-state index contributed by atoms with van der Waals surface area (Å²) in [6, 6.07) is 0. The van der Waals surface area contributed by atoms with Crippen molar-refractivity contribution in [1.82, 2.24) is 0 Å². The Morgan fingerprint density at radius 2 is 2.22 bits per heavy atom. The van der Waals surface area contributed by atoms with E-state index in [-0.39, 0.29) is 15.9 Å². The van der Waals surface area contributed by atoms with Crippen molar-refractivity contribution in [3.8, 4) is 0 Å². The number of halogens is 1. The van der Waals surface area contributed by atoms with Gasteiger partial charge >= 0.3 is 5.97 Å². The molecule has 4 heteroatoms. The molecule has 0 bridgehead atoms. The summed E-state index contributed by atoms with van der Waals surface area (Å²) >= 11 is 3.01. The third-order valence-corrected chi connectivity index (χ3v) is 1.16. The lowest BCUT2D eigenvalue weighted by Gasteiger charge is -1.88. The van der Waals surface area contributed by atoms with Gasteiger partial charge in [-0.05, 0) is 6.08 Å². The zero-order valence-electron chi connectivity index (χ0n) is 4.63. The summed E-state index contributed by atoms with van der Waals surface area (Å²) in [5, 5.41) is 0. The van der Waals surface area contributed by atoms with Crippen LogP contribution in [0.3, 0.4) is 0 Å². The molecule has 0 spiro atoms. The fourth-order valence-corrected chi connectivity index (χ4v) is 0.639. The number of hydrogen-bond donors (Lipinski definition) is 0. The van der Waals surface area contributed by atoms with Crippen LogP contribution < -0.4 is 0 Å². The lowest BCUT2D eigenvalue weighted by atomic mass is 10.5. The second kappa shape index (κ2) is 3.80. The van der Waals surface area contributed by atoms with E-state index in [9.17, 15) is 4.79 Å². The molecule has 0 radical (unpaired) electrons. The third-order valence-electron chi connectivity index (χ3n) is 0.710. The van der Waals surface area contributed by atoms with Crippen LogP contribution >= 0.6 is 25.8 Å². The molecule has 0 aliphatic carbocycles. The molecule has 0 fully saturated rings. The van der Waals surface area contributed by atoms with E-state index >= 15 is 0 Å². The Balaban J connectivity index is 0.000000640. The Kier molecular flexibility index (Phi) is 3.75. The fourth-order valence-electron chi connectivity index (χ4n) is 0.393. The summed E-state index contributed by atoms with van der Waals surface area (Å²) in [4.78, 5) is 11.8. The molecule has 0 aromatic carbocycles. The highest BCUT2D eigenvalue weighted by Gasteiger charge is 2.06. The highest BCUT2D eigenvalue weighted by atomic mass is 79.9. The van der Waals surface area contributed by atoms with Gasteiger partial charge in [0.15, 0.2) is 0 Å². The predicted molar refractivity (Wildman–Crippen MR) is 43.3 cm³/mol. The smallest absolute Gasteiger partial charge is 0.336 e. The van der Waals surface area contributed by atoms with Gasteiger partial charge < -0.3 is 4.74 Å². The van der Waals surface area contributed by atoms with Gasteiger partial charge in [-0.3, -0.25) is 0 Å². The molecule has 1 aliphatic heterocycles. The van der Waals surface area contributed by atoms with Crippen LogP contribution in [0.5, 0.6) is 0 Å². The molecule has 0 saturated heterocycles. The number of carbonyl (C=O) groups excluding carboxylic acids is 1. The monoisotopic (exact) mass is 208 g/mol. The largest absolute Gasteiger partial charge is 0.423 e. The van der Waals surface area contributed by atoms with E-state index in [0.29, 0.717) is 5.76 Å². The van der Waals surface area contributed by atoms with Gasteiger partial charge in [0.2, 0.25) is 0 Å². The van der Waals surface area contributed by atoms with Crippen LogP contribution in [0.25, 0.3) is 0 Å². The van der Waals surface area contributed by atoms with Crippen molar-refractivity contribution in [2.75, 3.05) is 0 Å². The van der Waals surface area contributed by atoms with E-state index in [0.717, 1.165) is 0 Å². The first-order chi connectivity index (χ1) is 3.83. The lowest BCUT2D eigenvalue weighted by molar-refractivity contribution is -0.132. The average Bonchev–Trinajstić information content (AvgIpc) is 2.14. The molecule has 0 saturated carbocycles. The molecular weight excluding hydrogens is 203 g/mol. The van der Waals surface area contributed by atoms with Gasteiger partial charge in [-0.1, -0.05) is 15.9 Å². The molecule has 1 atom stereocenters. The Labute approximate surface area is 64.7 Å². The Bertz CT molecular complexity index is 174. The Hall–Kier alpha value is -0.140. The van der Waals surface area contributed by atoms with E-state index < -0.39 is 0 Å². The third kappa shape index (κ3) is 2.29. The first-order valence-corrected chi connectivity index (χ1v) is 2.95. The number of cyclic esters (lactones) is 1. The highest BCUT2D eigenvalue weighted by molar-refractivity contribution is 9.11. The van der Waals surface area contributed by atoms with Crippen LogP contribution in [-0.2, 0) is 9.53 Å². The van der Waals surface area contributed by atoms with E-state index in [1.807, 2.05) is 0 Å². The van der Waals surface area contributed by atoms with E-state index in [2.05, 4.69) is 20.7 Å². The molecule has 2 nitrogen and oxygen atoms in total. The summed E-state index contributed by atoms with van der Waals surface area (Å²) in [5.74, 6) is 0.241. The Morgan fingerprint density at radius 3 is 2.44 bits per heavy atom. The zero-order chi connectivity index (χ0) is 5.98. The average molecular weight is 209 g/mol. The van der Waals surface area contributed by atoms with Crippen molar-refractivity contribution in [1.29, 1.82) is 0 Å². The first-order valence-electron chi connectivity index (χ1n) is 2.03. The number of carbonyl (C=O) groups is 1. The molecule has 0 N–H and O–H groups in total. The van der Waals surface area contributed by atoms with Crippen LogP contribution in [0, 0.1) is 0 Å². The van der Waals surface area contributed by atoms with Crippen molar-refractivity contribution in [2.45, 2.75) is 0 Å².